The van der Waals surface area contributed by atoms with Gasteiger partial charge in [-0.15, -0.1) is 0 Å². The molecule has 1 aliphatic rings. The molecule has 2 N–H and O–H groups in total. The Bertz CT molecular complexity index is 434. The lowest BCUT2D eigenvalue weighted by molar-refractivity contribution is 0.195. The Labute approximate surface area is 111 Å². The maximum Gasteiger partial charge on any atom is 0.0783 e. The summed E-state index contributed by atoms with van der Waals surface area (Å²) >= 11 is 0. The zero-order valence-electron chi connectivity index (χ0n) is 10.8. The summed E-state index contributed by atoms with van der Waals surface area (Å²) in [5.74, 6) is 0.311. The molecule has 18 heavy (non-hydrogen) atoms. The summed E-state index contributed by atoms with van der Waals surface area (Å²) in [4.78, 5) is 0.853. The largest absolute Gasteiger partial charge is 0.391 e. The van der Waals surface area contributed by atoms with Crippen LogP contribution in [0.2, 0.25) is 0 Å². The van der Waals surface area contributed by atoms with E-state index in [1.807, 2.05) is 13.0 Å². The molecular formula is C14H21NO2S. The molecule has 0 heterocycles. The van der Waals surface area contributed by atoms with Crippen molar-refractivity contribution in [2.75, 3.05) is 18.8 Å². The molecule has 1 aromatic rings. The van der Waals surface area contributed by atoms with E-state index < -0.39 is 16.9 Å². The molecule has 0 bridgehead atoms. The van der Waals surface area contributed by atoms with Crippen molar-refractivity contribution in [3.8, 4) is 0 Å². The van der Waals surface area contributed by atoms with E-state index in [0.717, 1.165) is 24.3 Å². The third-order valence-electron chi connectivity index (χ3n) is 3.31. The molecule has 0 spiro atoms. The summed E-state index contributed by atoms with van der Waals surface area (Å²) < 4.78 is 12.1. The maximum atomic E-state index is 12.1. The van der Waals surface area contributed by atoms with E-state index in [2.05, 4.69) is 17.4 Å². The Morgan fingerprint density at radius 3 is 2.94 bits per heavy atom. The van der Waals surface area contributed by atoms with Gasteiger partial charge in [0.15, 0.2) is 0 Å². The van der Waals surface area contributed by atoms with Gasteiger partial charge < -0.3 is 10.4 Å². The van der Waals surface area contributed by atoms with Gasteiger partial charge in [-0.3, -0.25) is 4.21 Å². The predicted molar refractivity (Wildman–Crippen MR) is 74.3 cm³/mol. The molecule has 4 heteroatoms. The van der Waals surface area contributed by atoms with Crippen LogP contribution in [0.3, 0.4) is 0 Å². The van der Waals surface area contributed by atoms with Gasteiger partial charge >= 0.3 is 0 Å². The van der Waals surface area contributed by atoms with E-state index >= 15 is 0 Å². The average molecular weight is 267 g/mol. The molecule has 2 atom stereocenters. The fraction of sp³-hybridized carbons (Fsp3) is 0.571. The van der Waals surface area contributed by atoms with Gasteiger partial charge in [0, 0.05) is 11.4 Å². The van der Waals surface area contributed by atoms with Crippen LogP contribution < -0.4 is 5.32 Å². The molecule has 2 rings (SSSR count). The molecule has 0 aromatic heterocycles. The minimum absolute atomic E-state index is 0.311. The highest BCUT2D eigenvalue weighted by atomic mass is 32.2. The summed E-state index contributed by atoms with van der Waals surface area (Å²) in [5.41, 5.74) is 2.73. The molecule has 2 unspecified atom stereocenters. The summed E-state index contributed by atoms with van der Waals surface area (Å²) in [6.07, 6.45) is 2.90. The molecule has 0 aliphatic heterocycles. The minimum Gasteiger partial charge on any atom is -0.391 e. The van der Waals surface area contributed by atoms with E-state index in [9.17, 15) is 9.32 Å². The minimum atomic E-state index is -1.10. The molecule has 0 amide bonds. The second-order valence-corrected chi connectivity index (χ2v) is 6.25. The van der Waals surface area contributed by atoms with Gasteiger partial charge in [-0.25, -0.2) is 0 Å². The highest BCUT2D eigenvalue weighted by molar-refractivity contribution is 7.85. The number of rotatable bonds is 6. The van der Waals surface area contributed by atoms with Crippen LogP contribution in [0.1, 0.15) is 24.5 Å². The third-order valence-corrected chi connectivity index (χ3v) is 4.77. The van der Waals surface area contributed by atoms with Crippen LogP contribution in [-0.2, 0) is 23.6 Å². The number of benzene rings is 1. The first-order valence-electron chi connectivity index (χ1n) is 6.59. The second-order valence-electron chi connectivity index (χ2n) is 4.76. The lowest BCUT2D eigenvalue weighted by atomic mass is 10.1. The molecule has 3 nitrogen and oxygen atoms in total. The molecule has 1 aromatic carbocycles. The first-order valence-corrected chi connectivity index (χ1v) is 7.91. The second kappa shape index (κ2) is 6.45. The van der Waals surface area contributed by atoms with Crippen molar-refractivity contribution < 1.29 is 9.32 Å². The zero-order chi connectivity index (χ0) is 13.0. The Kier molecular flexibility index (Phi) is 4.92. The molecule has 0 saturated heterocycles. The van der Waals surface area contributed by atoms with Crippen LogP contribution in [0.4, 0.5) is 0 Å². The van der Waals surface area contributed by atoms with Gasteiger partial charge in [-0.2, -0.15) is 0 Å². The van der Waals surface area contributed by atoms with Gasteiger partial charge in [0.1, 0.15) is 0 Å². The Balaban J connectivity index is 1.96. The normalized spacial score (nSPS) is 17.4. The van der Waals surface area contributed by atoms with Crippen LogP contribution in [0, 0.1) is 0 Å². The molecule has 1 aliphatic carbocycles. The molecule has 0 fully saturated rings. The van der Waals surface area contributed by atoms with Gasteiger partial charge in [0.25, 0.3) is 0 Å². The van der Waals surface area contributed by atoms with E-state index in [-0.39, 0.29) is 0 Å². The average Bonchev–Trinajstić information content (AvgIpc) is 2.83. The molecule has 100 valence electrons. The summed E-state index contributed by atoms with van der Waals surface area (Å²) in [5, 5.41) is 12.8. The fourth-order valence-corrected chi connectivity index (χ4v) is 3.48. The van der Waals surface area contributed by atoms with Crippen LogP contribution in [-0.4, -0.2) is 34.3 Å². The number of likely N-dealkylation sites (N-methyl/N-ethyl adjacent to an activating group) is 1. The highest BCUT2D eigenvalue weighted by Gasteiger charge is 2.15. The molecule has 0 saturated carbocycles. The summed E-state index contributed by atoms with van der Waals surface area (Å²) in [6.45, 7) is 3.32. The first-order chi connectivity index (χ1) is 8.70. The molecular weight excluding hydrogens is 246 g/mol. The van der Waals surface area contributed by atoms with Crippen LogP contribution in [0.25, 0.3) is 0 Å². The standard InChI is InChI=1S/C14H21NO2S/c1-2-15-9-13(16)10-18(17)14-7-6-11-4-3-5-12(11)8-14/h6-8,13,15-16H,2-5,9-10H2,1H3. The van der Waals surface area contributed by atoms with E-state index in [4.69, 9.17) is 0 Å². The SMILES string of the molecule is CCNCC(O)CS(=O)c1ccc2c(c1)CCC2. The van der Waals surface area contributed by atoms with Crippen molar-refractivity contribution in [1.29, 1.82) is 0 Å². The van der Waals surface area contributed by atoms with Crippen molar-refractivity contribution >= 4 is 10.8 Å². The van der Waals surface area contributed by atoms with Crippen molar-refractivity contribution in [3.05, 3.63) is 29.3 Å². The van der Waals surface area contributed by atoms with Crippen molar-refractivity contribution in [1.82, 2.24) is 5.32 Å². The van der Waals surface area contributed by atoms with Gasteiger partial charge in [0.2, 0.25) is 0 Å². The van der Waals surface area contributed by atoms with Crippen molar-refractivity contribution in [3.63, 3.8) is 0 Å². The number of aliphatic hydroxyl groups is 1. The Morgan fingerprint density at radius 1 is 1.39 bits per heavy atom. The van der Waals surface area contributed by atoms with E-state index in [1.54, 1.807) is 0 Å². The number of hydrogen-bond acceptors (Lipinski definition) is 3. The Morgan fingerprint density at radius 2 is 2.17 bits per heavy atom. The number of nitrogens with one attached hydrogen (secondary N) is 1. The van der Waals surface area contributed by atoms with Crippen LogP contribution in [0.5, 0.6) is 0 Å². The highest BCUT2D eigenvalue weighted by Crippen LogP contribution is 2.24. The summed E-state index contributed by atoms with van der Waals surface area (Å²) in [6, 6.07) is 6.09. The lowest BCUT2D eigenvalue weighted by Crippen LogP contribution is -2.30. The predicted octanol–water partition coefficient (Wildman–Crippen LogP) is 1.25. The van der Waals surface area contributed by atoms with Crippen LogP contribution in [0.15, 0.2) is 23.1 Å². The first kappa shape index (κ1) is 13.7. The number of aliphatic hydroxyl groups excluding tert-OH is 1. The fourth-order valence-electron chi connectivity index (χ4n) is 2.33. The smallest absolute Gasteiger partial charge is 0.0783 e. The van der Waals surface area contributed by atoms with Crippen LogP contribution >= 0.6 is 0 Å². The summed E-state index contributed by atoms with van der Waals surface area (Å²) in [7, 11) is -1.10. The monoisotopic (exact) mass is 267 g/mol. The maximum absolute atomic E-state index is 12.1. The quantitative estimate of drug-likeness (QED) is 0.815. The number of hydrogen-bond donors (Lipinski definition) is 2. The van der Waals surface area contributed by atoms with Crippen molar-refractivity contribution in [2.24, 2.45) is 0 Å². The zero-order valence-corrected chi connectivity index (χ0v) is 11.6. The van der Waals surface area contributed by atoms with E-state index in [1.165, 1.54) is 17.5 Å². The Hall–Kier alpha value is -0.710. The molecule has 0 radical (unpaired) electrons. The number of aryl methyl sites for hydroxylation is 2. The third kappa shape index (κ3) is 3.40. The lowest BCUT2D eigenvalue weighted by Gasteiger charge is -2.11. The van der Waals surface area contributed by atoms with Gasteiger partial charge in [-0.05, 0) is 49.1 Å². The van der Waals surface area contributed by atoms with Gasteiger partial charge in [-0.1, -0.05) is 13.0 Å². The van der Waals surface area contributed by atoms with Gasteiger partial charge in [0.05, 0.1) is 22.7 Å². The topological polar surface area (TPSA) is 49.3 Å². The van der Waals surface area contributed by atoms with E-state index in [0.29, 0.717) is 12.3 Å². The number of fused-ring (bicyclic) bond motifs is 1. The van der Waals surface area contributed by atoms with Crippen molar-refractivity contribution in [2.45, 2.75) is 37.2 Å².